The number of carbonyl (C=O) groups excluding carboxylic acids is 2. The molecular weight excluding hydrogens is 330 g/mol. The van der Waals surface area contributed by atoms with Gasteiger partial charge in [0.15, 0.2) is 5.41 Å². The molecule has 1 saturated heterocycles. The van der Waals surface area contributed by atoms with Crippen molar-refractivity contribution in [1.29, 1.82) is 0 Å². The summed E-state index contributed by atoms with van der Waals surface area (Å²) in [5.74, 6) is -0.132. The Morgan fingerprint density at radius 1 is 1.19 bits per heavy atom. The Bertz CT molecular complexity index is 664. The van der Waals surface area contributed by atoms with E-state index in [2.05, 4.69) is 5.32 Å². The van der Waals surface area contributed by atoms with Crippen LogP contribution in [0.3, 0.4) is 0 Å². The van der Waals surface area contributed by atoms with Crippen molar-refractivity contribution < 1.29 is 19.1 Å². The summed E-state index contributed by atoms with van der Waals surface area (Å²) in [5.41, 5.74) is -0.541. The van der Waals surface area contributed by atoms with Crippen LogP contribution >= 0.6 is 0 Å². The van der Waals surface area contributed by atoms with Gasteiger partial charge in [-0.15, -0.1) is 0 Å². The summed E-state index contributed by atoms with van der Waals surface area (Å²) < 4.78 is 11.4. The number of esters is 1. The molecule has 138 valence electrons. The van der Waals surface area contributed by atoms with E-state index in [4.69, 9.17) is 9.47 Å². The first-order chi connectivity index (χ1) is 12.7. The lowest BCUT2D eigenvalue weighted by molar-refractivity contribution is -0.162. The van der Waals surface area contributed by atoms with Gasteiger partial charge in [-0.2, -0.15) is 0 Å². The number of hydrogen-bond donors (Lipinski definition) is 1. The van der Waals surface area contributed by atoms with E-state index in [1.807, 2.05) is 30.3 Å². The average Bonchev–Trinajstić information content (AvgIpc) is 2.72. The maximum Gasteiger partial charge on any atom is 0.326 e. The monoisotopic (exact) mass is 355 g/mol. The van der Waals surface area contributed by atoms with Crippen LogP contribution in [0.25, 0.3) is 0 Å². The van der Waals surface area contributed by atoms with Crippen LogP contribution in [-0.2, 0) is 25.7 Å². The van der Waals surface area contributed by atoms with Gasteiger partial charge in [-0.25, -0.2) is 0 Å². The molecule has 0 radical (unpaired) electrons. The fourth-order valence-corrected chi connectivity index (χ4v) is 3.30. The summed E-state index contributed by atoms with van der Waals surface area (Å²) in [6.45, 7) is 2.62. The highest BCUT2D eigenvalue weighted by Gasteiger charge is 2.46. The van der Waals surface area contributed by atoms with Gasteiger partial charge in [-0.1, -0.05) is 54.6 Å². The largest absolute Gasteiger partial charge is 0.460 e. The Morgan fingerprint density at radius 3 is 2.69 bits per heavy atom. The molecule has 1 aliphatic heterocycles. The first-order valence-corrected chi connectivity index (χ1v) is 9.10. The molecular formula is C21H25NO4. The Balaban J connectivity index is 1.65. The van der Waals surface area contributed by atoms with E-state index >= 15 is 0 Å². The van der Waals surface area contributed by atoms with Gasteiger partial charge in [0.2, 0.25) is 0 Å². The van der Waals surface area contributed by atoms with Gasteiger partial charge in [0.1, 0.15) is 19.0 Å². The zero-order chi connectivity index (χ0) is 18.2. The van der Waals surface area contributed by atoms with Gasteiger partial charge >= 0.3 is 5.97 Å². The van der Waals surface area contributed by atoms with Gasteiger partial charge in [-0.05, 0) is 37.4 Å². The smallest absolute Gasteiger partial charge is 0.326 e. The maximum atomic E-state index is 12.8. The van der Waals surface area contributed by atoms with Crippen molar-refractivity contribution in [3.05, 3.63) is 60.2 Å². The molecule has 0 saturated carbocycles. The predicted octanol–water partition coefficient (Wildman–Crippen LogP) is 2.43. The van der Waals surface area contributed by atoms with E-state index in [9.17, 15) is 9.59 Å². The zero-order valence-corrected chi connectivity index (χ0v) is 14.8. The number of nitrogens with one attached hydrogen (secondary N) is 1. The molecule has 1 heterocycles. The summed E-state index contributed by atoms with van der Waals surface area (Å²) >= 11 is 0. The third-order valence-electron chi connectivity index (χ3n) is 4.97. The molecule has 2 atom stereocenters. The van der Waals surface area contributed by atoms with E-state index in [0.717, 1.165) is 31.5 Å². The summed E-state index contributed by atoms with van der Waals surface area (Å²) in [5, 5.41) is 3.32. The molecule has 1 fully saturated rings. The number of ether oxygens (including phenoxy) is 2. The van der Waals surface area contributed by atoms with E-state index in [1.54, 1.807) is 24.3 Å². The van der Waals surface area contributed by atoms with Crippen LogP contribution in [0.5, 0.6) is 0 Å². The van der Waals surface area contributed by atoms with E-state index in [0.29, 0.717) is 18.8 Å². The normalized spacial score (nSPS) is 25.8. The number of piperidine rings is 1. The van der Waals surface area contributed by atoms with E-state index in [1.165, 1.54) is 0 Å². The standard InChI is InChI=1S/C21H25NO4/c23-16-21(20(24)26-15-17-6-2-1-3-7-17)11-5-4-8-19(21)25-14-18-9-12-22-13-10-18/h1-8,11,16,18-19,22H,9-10,12-15H2. The Morgan fingerprint density at radius 2 is 1.96 bits per heavy atom. The summed E-state index contributed by atoms with van der Waals surface area (Å²) in [4.78, 5) is 24.7. The first-order valence-electron chi connectivity index (χ1n) is 9.10. The number of benzene rings is 1. The molecule has 3 rings (SSSR count). The molecule has 2 unspecified atom stereocenters. The highest BCUT2D eigenvalue weighted by atomic mass is 16.5. The van der Waals surface area contributed by atoms with Gasteiger partial charge in [0, 0.05) is 0 Å². The summed E-state index contributed by atoms with van der Waals surface area (Å²) in [7, 11) is 0. The summed E-state index contributed by atoms with van der Waals surface area (Å²) in [6, 6.07) is 9.42. The molecule has 26 heavy (non-hydrogen) atoms. The maximum absolute atomic E-state index is 12.8. The molecule has 1 N–H and O–H groups in total. The predicted molar refractivity (Wildman–Crippen MR) is 98.3 cm³/mol. The SMILES string of the molecule is O=CC1(C(=O)OCc2ccccc2)C=CC=CC1OCC1CCNCC1. The zero-order valence-electron chi connectivity index (χ0n) is 14.8. The van der Waals surface area contributed by atoms with E-state index < -0.39 is 17.5 Å². The second-order valence-corrected chi connectivity index (χ2v) is 6.80. The highest BCUT2D eigenvalue weighted by Crippen LogP contribution is 2.31. The molecule has 0 amide bonds. The van der Waals surface area contributed by atoms with Gasteiger partial charge in [0.05, 0.1) is 6.61 Å². The lowest BCUT2D eigenvalue weighted by atomic mass is 9.80. The fraction of sp³-hybridized carbons (Fsp3) is 0.429. The minimum atomic E-state index is -1.42. The van der Waals surface area contributed by atoms with Crippen LogP contribution < -0.4 is 5.32 Å². The second kappa shape index (κ2) is 8.92. The van der Waals surface area contributed by atoms with Crippen LogP contribution in [0.4, 0.5) is 0 Å². The minimum absolute atomic E-state index is 0.133. The van der Waals surface area contributed by atoms with Gasteiger partial charge < -0.3 is 19.6 Å². The lowest BCUT2D eigenvalue weighted by Gasteiger charge is -2.33. The third-order valence-corrected chi connectivity index (χ3v) is 4.97. The van der Waals surface area contributed by atoms with Crippen LogP contribution in [0.1, 0.15) is 18.4 Å². The fourth-order valence-electron chi connectivity index (χ4n) is 3.30. The topological polar surface area (TPSA) is 64.6 Å². The van der Waals surface area contributed by atoms with Crippen LogP contribution in [-0.4, -0.2) is 38.1 Å². The third kappa shape index (κ3) is 4.29. The summed E-state index contributed by atoms with van der Waals surface area (Å²) in [6.07, 6.45) is 8.94. The molecule has 1 aromatic carbocycles. The first kappa shape index (κ1) is 18.5. The Hall–Kier alpha value is -2.24. The molecule has 0 aromatic heterocycles. The second-order valence-electron chi connectivity index (χ2n) is 6.80. The quantitative estimate of drug-likeness (QED) is 0.462. The van der Waals surface area contributed by atoms with Crippen molar-refractivity contribution in [2.45, 2.75) is 25.6 Å². The van der Waals surface area contributed by atoms with E-state index in [-0.39, 0.29) is 6.61 Å². The Labute approximate surface area is 154 Å². The van der Waals surface area contributed by atoms with Crippen molar-refractivity contribution >= 4 is 12.3 Å². The van der Waals surface area contributed by atoms with Crippen LogP contribution in [0.15, 0.2) is 54.6 Å². The Kier molecular flexibility index (Phi) is 6.36. The van der Waals surface area contributed by atoms with Crippen LogP contribution in [0, 0.1) is 11.3 Å². The number of carbonyl (C=O) groups is 2. The number of aldehydes is 1. The molecule has 5 heteroatoms. The number of hydrogen-bond acceptors (Lipinski definition) is 5. The van der Waals surface area contributed by atoms with Gasteiger partial charge in [0.25, 0.3) is 0 Å². The molecule has 1 aromatic rings. The van der Waals surface area contributed by atoms with Crippen molar-refractivity contribution in [2.24, 2.45) is 11.3 Å². The molecule has 0 spiro atoms. The number of rotatable bonds is 7. The van der Waals surface area contributed by atoms with Crippen molar-refractivity contribution in [1.82, 2.24) is 5.32 Å². The minimum Gasteiger partial charge on any atom is -0.460 e. The molecule has 0 bridgehead atoms. The lowest BCUT2D eigenvalue weighted by Crippen LogP contribution is -2.46. The highest BCUT2D eigenvalue weighted by molar-refractivity contribution is 5.97. The van der Waals surface area contributed by atoms with Crippen molar-refractivity contribution in [2.75, 3.05) is 19.7 Å². The van der Waals surface area contributed by atoms with Crippen molar-refractivity contribution in [3.8, 4) is 0 Å². The molecule has 2 aliphatic rings. The van der Waals surface area contributed by atoms with Crippen LogP contribution in [0.2, 0.25) is 0 Å². The van der Waals surface area contributed by atoms with Crippen molar-refractivity contribution in [3.63, 3.8) is 0 Å². The molecule has 1 aliphatic carbocycles. The molecule has 5 nitrogen and oxygen atoms in total. The van der Waals surface area contributed by atoms with Gasteiger partial charge in [-0.3, -0.25) is 4.79 Å². The number of allylic oxidation sites excluding steroid dienone is 2. The average molecular weight is 355 g/mol.